The minimum Gasteiger partial charge on any atom is -0.354 e. The maximum Gasteiger partial charge on any atom is 0.323 e. The first-order valence-electron chi connectivity index (χ1n) is 11.9. The van der Waals surface area contributed by atoms with Crippen LogP contribution in [0.1, 0.15) is 22.3 Å². The number of rotatable bonds is 4. The predicted molar refractivity (Wildman–Crippen MR) is 138 cm³/mol. The number of nitrogens with zero attached hydrogens (tertiary/aromatic N) is 4. The van der Waals surface area contributed by atoms with Crippen molar-refractivity contribution in [1.29, 1.82) is 5.26 Å². The zero-order chi connectivity index (χ0) is 24.7. The highest BCUT2D eigenvalue weighted by molar-refractivity contribution is 5.98. The molecule has 1 aliphatic heterocycles. The highest BCUT2D eigenvalue weighted by Crippen LogP contribution is 2.22. The van der Waals surface area contributed by atoms with Crippen LogP contribution in [0.25, 0.3) is 11.0 Å². The largest absolute Gasteiger partial charge is 0.354 e. The molecule has 36 heavy (non-hydrogen) atoms. The lowest BCUT2D eigenvalue weighted by Gasteiger charge is -2.34. The number of nitrogens with one attached hydrogen (secondary N) is 1. The number of benzene rings is 3. The van der Waals surface area contributed by atoms with Gasteiger partial charge in [0.15, 0.2) is 11.4 Å². The van der Waals surface area contributed by atoms with Gasteiger partial charge in [-0.25, -0.2) is 4.79 Å². The Hall–Kier alpha value is -4.59. The van der Waals surface area contributed by atoms with Gasteiger partial charge in [0.1, 0.15) is 0 Å². The number of anilines is 1. The third-order valence-corrected chi connectivity index (χ3v) is 6.22. The van der Waals surface area contributed by atoms with E-state index in [1.54, 1.807) is 4.90 Å². The second kappa shape index (κ2) is 10.8. The normalized spacial score (nSPS) is 13.6. The van der Waals surface area contributed by atoms with Crippen molar-refractivity contribution in [3.8, 4) is 17.9 Å². The van der Waals surface area contributed by atoms with Crippen LogP contribution in [-0.2, 0) is 13.0 Å². The molecule has 0 bridgehead atoms. The maximum absolute atomic E-state index is 12.8. The van der Waals surface area contributed by atoms with E-state index in [2.05, 4.69) is 45.4 Å². The van der Waals surface area contributed by atoms with Crippen LogP contribution in [0.5, 0.6) is 0 Å². The van der Waals surface area contributed by atoms with Crippen molar-refractivity contribution in [2.75, 3.05) is 31.5 Å². The van der Waals surface area contributed by atoms with Crippen LogP contribution in [0.3, 0.4) is 0 Å². The lowest BCUT2D eigenvalue weighted by atomic mass is 10.0. The van der Waals surface area contributed by atoms with Gasteiger partial charge in [-0.2, -0.15) is 5.26 Å². The molecule has 3 aromatic carbocycles. The molecule has 0 unspecified atom stereocenters. The molecule has 2 heterocycles. The standard InChI is InChI=1S/C29H25N5O2/c30-15-14-25-9-2-1-8-24(25)13-12-22-6-5-7-23(20-22)21-33-16-18-34(19-17-33)29(35)31-28-26-10-3-4-11-27(26)36-32-28/h1-11,20H,14,16-19,21H2,(H,31,32,35). The summed E-state index contributed by atoms with van der Waals surface area (Å²) in [5, 5.41) is 16.7. The number of aromatic nitrogens is 1. The molecule has 1 saturated heterocycles. The molecule has 7 heteroatoms. The summed E-state index contributed by atoms with van der Waals surface area (Å²) in [6, 6.07) is 25.5. The topological polar surface area (TPSA) is 85.4 Å². The zero-order valence-corrected chi connectivity index (χ0v) is 19.8. The van der Waals surface area contributed by atoms with Crippen LogP contribution in [0.2, 0.25) is 0 Å². The summed E-state index contributed by atoms with van der Waals surface area (Å²) in [4.78, 5) is 16.9. The van der Waals surface area contributed by atoms with Gasteiger partial charge < -0.3 is 9.42 Å². The number of hydrogen-bond acceptors (Lipinski definition) is 5. The average Bonchev–Trinajstić information content (AvgIpc) is 3.32. The van der Waals surface area contributed by atoms with E-state index in [9.17, 15) is 4.79 Å². The molecule has 0 spiro atoms. The first kappa shape index (κ1) is 23.2. The van der Waals surface area contributed by atoms with Crippen LogP contribution in [0, 0.1) is 23.2 Å². The van der Waals surface area contributed by atoms with Gasteiger partial charge in [0.05, 0.1) is 17.9 Å². The van der Waals surface area contributed by atoms with Crippen molar-refractivity contribution >= 4 is 22.8 Å². The van der Waals surface area contributed by atoms with Crippen LogP contribution < -0.4 is 5.32 Å². The molecule has 0 atom stereocenters. The Morgan fingerprint density at radius 1 is 0.972 bits per heavy atom. The highest BCUT2D eigenvalue weighted by Gasteiger charge is 2.22. The lowest BCUT2D eigenvalue weighted by molar-refractivity contribution is 0.143. The number of amides is 2. The first-order chi connectivity index (χ1) is 17.7. The van der Waals surface area contributed by atoms with Crippen molar-refractivity contribution in [3.63, 3.8) is 0 Å². The van der Waals surface area contributed by atoms with Gasteiger partial charge in [-0.05, 0) is 41.5 Å². The molecular formula is C29H25N5O2. The lowest BCUT2D eigenvalue weighted by Crippen LogP contribution is -2.49. The second-order valence-corrected chi connectivity index (χ2v) is 8.66. The zero-order valence-electron chi connectivity index (χ0n) is 19.8. The fourth-order valence-electron chi connectivity index (χ4n) is 4.29. The Kier molecular flexibility index (Phi) is 6.93. The van der Waals surface area contributed by atoms with E-state index < -0.39 is 0 Å². The van der Waals surface area contributed by atoms with Gasteiger partial charge in [-0.3, -0.25) is 10.2 Å². The Labute approximate surface area is 209 Å². The van der Waals surface area contributed by atoms with E-state index in [1.165, 1.54) is 5.56 Å². The van der Waals surface area contributed by atoms with Crippen LogP contribution >= 0.6 is 0 Å². The molecular weight excluding hydrogens is 450 g/mol. The molecule has 5 rings (SSSR count). The third-order valence-electron chi connectivity index (χ3n) is 6.22. The van der Waals surface area contributed by atoms with E-state index >= 15 is 0 Å². The number of hydrogen-bond donors (Lipinski definition) is 1. The molecule has 1 aromatic heterocycles. The third kappa shape index (κ3) is 5.38. The molecule has 1 fully saturated rings. The molecule has 0 aliphatic carbocycles. The summed E-state index contributed by atoms with van der Waals surface area (Å²) >= 11 is 0. The Balaban J connectivity index is 1.17. The minimum absolute atomic E-state index is 0.164. The number of fused-ring (bicyclic) bond motifs is 1. The molecule has 0 radical (unpaired) electrons. The van der Waals surface area contributed by atoms with Crippen molar-refractivity contribution < 1.29 is 9.32 Å². The summed E-state index contributed by atoms with van der Waals surface area (Å²) < 4.78 is 5.28. The highest BCUT2D eigenvalue weighted by atomic mass is 16.5. The molecule has 0 saturated carbocycles. The molecule has 1 N–H and O–H groups in total. The molecule has 7 nitrogen and oxygen atoms in total. The number of nitriles is 1. The molecule has 178 valence electrons. The van der Waals surface area contributed by atoms with E-state index in [1.807, 2.05) is 60.7 Å². The summed E-state index contributed by atoms with van der Waals surface area (Å²) in [6.45, 7) is 3.63. The van der Waals surface area contributed by atoms with Gasteiger partial charge in [0.25, 0.3) is 0 Å². The average molecular weight is 476 g/mol. The first-order valence-corrected chi connectivity index (χ1v) is 11.9. The smallest absolute Gasteiger partial charge is 0.323 e. The van der Waals surface area contributed by atoms with Gasteiger partial charge in [-0.1, -0.05) is 59.5 Å². The van der Waals surface area contributed by atoms with Crippen molar-refractivity contribution in [2.45, 2.75) is 13.0 Å². The van der Waals surface area contributed by atoms with Gasteiger partial charge in [0.2, 0.25) is 0 Å². The SMILES string of the molecule is N#CCc1ccccc1C#Cc1cccc(CN2CCN(C(=O)Nc3noc4ccccc34)CC2)c1. The number of para-hydroxylation sites is 1. The van der Waals surface area contributed by atoms with Gasteiger partial charge in [0, 0.05) is 43.9 Å². The Morgan fingerprint density at radius 2 is 1.78 bits per heavy atom. The molecule has 2 amide bonds. The summed E-state index contributed by atoms with van der Waals surface area (Å²) in [5.74, 6) is 6.91. The van der Waals surface area contributed by atoms with E-state index in [0.29, 0.717) is 30.9 Å². The monoisotopic (exact) mass is 475 g/mol. The van der Waals surface area contributed by atoms with Crippen LogP contribution in [0.15, 0.2) is 77.3 Å². The van der Waals surface area contributed by atoms with Gasteiger partial charge in [-0.15, -0.1) is 0 Å². The van der Waals surface area contributed by atoms with Gasteiger partial charge >= 0.3 is 6.03 Å². The fraction of sp³-hybridized carbons (Fsp3) is 0.207. The van der Waals surface area contributed by atoms with E-state index in [-0.39, 0.29) is 6.03 Å². The van der Waals surface area contributed by atoms with Crippen LogP contribution in [0.4, 0.5) is 10.6 Å². The van der Waals surface area contributed by atoms with E-state index in [4.69, 9.17) is 9.78 Å². The summed E-state index contributed by atoms with van der Waals surface area (Å²) in [5.41, 5.74) is 4.60. The number of piperazine rings is 1. The maximum atomic E-state index is 12.8. The number of urea groups is 1. The van der Waals surface area contributed by atoms with Crippen LogP contribution in [-0.4, -0.2) is 47.2 Å². The molecule has 4 aromatic rings. The molecule has 1 aliphatic rings. The van der Waals surface area contributed by atoms with Crippen molar-refractivity contribution in [3.05, 3.63) is 95.1 Å². The quantitative estimate of drug-likeness (QED) is 0.435. The minimum atomic E-state index is -0.164. The van der Waals surface area contributed by atoms with Crippen molar-refractivity contribution in [2.24, 2.45) is 0 Å². The second-order valence-electron chi connectivity index (χ2n) is 8.66. The number of carbonyl (C=O) groups is 1. The summed E-state index contributed by atoms with van der Waals surface area (Å²) in [6.07, 6.45) is 0.351. The fourth-order valence-corrected chi connectivity index (χ4v) is 4.29. The summed E-state index contributed by atoms with van der Waals surface area (Å²) in [7, 11) is 0. The number of carbonyl (C=O) groups excluding carboxylic acids is 1. The predicted octanol–water partition coefficient (Wildman–Crippen LogP) is 4.64. The van der Waals surface area contributed by atoms with Crippen molar-refractivity contribution in [1.82, 2.24) is 15.0 Å². The Bertz CT molecular complexity index is 1480. The van der Waals surface area contributed by atoms with E-state index in [0.717, 1.165) is 41.7 Å². The Morgan fingerprint density at radius 3 is 2.64 bits per heavy atom.